The number of carbonyl (C=O) groups excluding carboxylic acids is 2. The molecule has 0 spiro atoms. The Bertz CT molecular complexity index is 749. The first kappa shape index (κ1) is 19.4. The van der Waals surface area contributed by atoms with Gasteiger partial charge >= 0.3 is 5.97 Å². The summed E-state index contributed by atoms with van der Waals surface area (Å²) in [6, 6.07) is 14.8. The Labute approximate surface area is 154 Å². The van der Waals surface area contributed by atoms with Crippen LogP contribution in [0.1, 0.15) is 48.5 Å². The van der Waals surface area contributed by atoms with Gasteiger partial charge in [0.15, 0.2) is 0 Å². The lowest BCUT2D eigenvalue weighted by Crippen LogP contribution is -2.02. The first-order valence-electron chi connectivity index (χ1n) is 8.86. The van der Waals surface area contributed by atoms with Crippen LogP contribution in [-0.4, -0.2) is 18.9 Å². The van der Waals surface area contributed by atoms with E-state index < -0.39 is 0 Å². The summed E-state index contributed by atoms with van der Waals surface area (Å²) in [6.07, 6.45) is 8.10. The van der Waals surface area contributed by atoms with Gasteiger partial charge in [-0.2, -0.15) is 0 Å². The van der Waals surface area contributed by atoms with Gasteiger partial charge in [0.05, 0.1) is 6.61 Å². The SMILES string of the molecule is CCOC(=O)CCCCC=Cc1cccc(Oc2cccc(C=O)c2)c1. The Hall–Kier alpha value is -2.88. The van der Waals surface area contributed by atoms with Crippen molar-refractivity contribution in [3.63, 3.8) is 0 Å². The highest BCUT2D eigenvalue weighted by Gasteiger charge is 2.01. The van der Waals surface area contributed by atoms with Gasteiger partial charge in [0.1, 0.15) is 17.8 Å². The van der Waals surface area contributed by atoms with Crippen molar-refractivity contribution >= 4 is 18.3 Å². The first-order valence-corrected chi connectivity index (χ1v) is 8.86. The average Bonchev–Trinajstić information content (AvgIpc) is 2.65. The van der Waals surface area contributed by atoms with E-state index in [1.165, 1.54) is 0 Å². The molecule has 4 nitrogen and oxygen atoms in total. The second-order valence-corrected chi connectivity index (χ2v) is 5.82. The molecule has 0 saturated carbocycles. The van der Waals surface area contributed by atoms with Gasteiger partial charge < -0.3 is 9.47 Å². The zero-order valence-corrected chi connectivity index (χ0v) is 15.0. The van der Waals surface area contributed by atoms with Gasteiger partial charge in [0, 0.05) is 12.0 Å². The number of hydrogen-bond donors (Lipinski definition) is 0. The fraction of sp³-hybridized carbons (Fsp3) is 0.273. The molecule has 0 aromatic heterocycles. The van der Waals surface area contributed by atoms with E-state index in [1.54, 1.807) is 18.2 Å². The maximum atomic E-state index is 11.3. The van der Waals surface area contributed by atoms with Gasteiger partial charge in [-0.15, -0.1) is 0 Å². The molecular formula is C22H24O4. The average molecular weight is 352 g/mol. The second kappa shape index (κ2) is 10.9. The molecule has 2 aromatic carbocycles. The van der Waals surface area contributed by atoms with Crippen LogP contribution in [0.3, 0.4) is 0 Å². The first-order chi connectivity index (χ1) is 12.7. The van der Waals surface area contributed by atoms with E-state index in [0.717, 1.165) is 36.9 Å². The topological polar surface area (TPSA) is 52.6 Å². The minimum atomic E-state index is -0.125. The standard InChI is InChI=1S/C22H24O4/c1-2-25-22(24)14-6-4-3-5-9-18-10-7-12-20(15-18)26-21-13-8-11-19(16-21)17-23/h5,7-13,15-17H,2-4,6,14H2,1H3. The summed E-state index contributed by atoms with van der Waals surface area (Å²) in [5.41, 5.74) is 1.63. The van der Waals surface area contributed by atoms with Crippen molar-refractivity contribution in [2.75, 3.05) is 6.61 Å². The molecule has 0 heterocycles. The third-order valence-electron chi connectivity index (χ3n) is 3.71. The van der Waals surface area contributed by atoms with E-state index in [1.807, 2.05) is 43.3 Å². The Balaban J connectivity index is 1.82. The number of esters is 1. The predicted molar refractivity (Wildman–Crippen MR) is 102 cm³/mol. The molecule has 4 heteroatoms. The van der Waals surface area contributed by atoms with Gasteiger partial charge in [0.25, 0.3) is 0 Å². The molecule has 136 valence electrons. The highest BCUT2D eigenvalue weighted by Crippen LogP contribution is 2.23. The molecule has 0 aliphatic heterocycles. The third kappa shape index (κ3) is 6.93. The van der Waals surface area contributed by atoms with Gasteiger partial charge in [-0.1, -0.05) is 36.4 Å². The van der Waals surface area contributed by atoms with Crippen LogP contribution < -0.4 is 4.74 Å². The number of allylic oxidation sites excluding steroid dienone is 1. The lowest BCUT2D eigenvalue weighted by molar-refractivity contribution is -0.143. The summed E-state index contributed by atoms with van der Waals surface area (Å²) in [5.74, 6) is 1.23. The van der Waals surface area contributed by atoms with Gasteiger partial charge in [-0.05, 0) is 56.0 Å². The Morgan fingerprint density at radius 1 is 1.00 bits per heavy atom. The van der Waals surface area contributed by atoms with E-state index in [9.17, 15) is 9.59 Å². The van der Waals surface area contributed by atoms with Crippen molar-refractivity contribution < 1.29 is 19.1 Å². The number of aldehydes is 1. The summed E-state index contributed by atoms with van der Waals surface area (Å²) in [6.45, 7) is 2.26. The molecule has 0 atom stereocenters. The maximum absolute atomic E-state index is 11.3. The van der Waals surface area contributed by atoms with E-state index >= 15 is 0 Å². The van der Waals surface area contributed by atoms with Crippen LogP contribution in [-0.2, 0) is 9.53 Å². The fourth-order valence-electron chi connectivity index (χ4n) is 2.45. The highest BCUT2D eigenvalue weighted by molar-refractivity contribution is 5.75. The van der Waals surface area contributed by atoms with Crippen molar-refractivity contribution in [1.82, 2.24) is 0 Å². The largest absolute Gasteiger partial charge is 0.466 e. The summed E-state index contributed by atoms with van der Waals surface area (Å²) in [7, 11) is 0. The Morgan fingerprint density at radius 2 is 1.69 bits per heavy atom. The maximum Gasteiger partial charge on any atom is 0.305 e. The minimum absolute atomic E-state index is 0.125. The van der Waals surface area contributed by atoms with Crippen molar-refractivity contribution in [3.05, 3.63) is 65.7 Å². The van der Waals surface area contributed by atoms with Crippen molar-refractivity contribution in [2.24, 2.45) is 0 Å². The van der Waals surface area contributed by atoms with Gasteiger partial charge in [-0.25, -0.2) is 0 Å². The normalized spacial score (nSPS) is 10.7. The van der Waals surface area contributed by atoms with Gasteiger partial charge in [-0.3, -0.25) is 9.59 Å². The lowest BCUT2D eigenvalue weighted by atomic mass is 10.1. The third-order valence-corrected chi connectivity index (χ3v) is 3.71. The molecule has 0 fully saturated rings. The van der Waals surface area contributed by atoms with Crippen LogP contribution in [0.15, 0.2) is 54.6 Å². The molecule has 2 aromatic rings. The minimum Gasteiger partial charge on any atom is -0.466 e. The predicted octanol–water partition coefficient (Wildman–Crippen LogP) is 5.43. The molecule has 2 rings (SSSR count). The highest BCUT2D eigenvalue weighted by atomic mass is 16.5. The molecule has 26 heavy (non-hydrogen) atoms. The Kier molecular flexibility index (Phi) is 8.13. The van der Waals surface area contributed by atoms with E-state index in [0.29, 0.717) is 24.3 Å². The smallest absolute Gasteiger partial charge is 0.305 e. The molecule has 0 aliphatic carbocycles. The Morgan fingerprint density at radius 3 is 2.38 bits per heavy atom. The fourth-order valence-corrected chi connectivity index (χ4v) is 2.45. The lowest BCUT2D eigenvalue weighted by Gasteiger charge is -2.06. The van der Waals surface area contributed by atoms with Crippen LogP contribution in [0.2, 0.25) is 0 Å². The van der Waals surface area contributed by atoms with E-state index in [-0.39, 0.29) is 5.97 Å². The monoisotopic (exact) mass is 352 g/mol. The summed E-state index contributed by atoms with van der Waals surface area (Å²) < 4.78 is 10.7. The zero-order chi connectivity index (χ0) is 18.6. The molecule has 0 amide bonds. The van der Waals surface area contributed by atoms with Crippen LogP contribution in [0, 0.1) is 0 Å². The van der Waals surface area contributed by atoms with Crippen LogP contribution >= 0.6 is 0 Å². The second-order valence-electron chi connectivity index (χ2n) is 5.82. The number of ether oxygens (including phenoxy) is 2. The number of unbranched alkanes of at least 4 members (excludes halogenated alkanes) is 2. The van der Waals surface area contributed by atoms with Crippen molar-refractivity contribution in [3.8, 4) is 11.5 Å². The number of rotatable bonds is 10. The van der Waals surface area contributed by atoms with Crippen molar-refractivity contribution in [2.45, 2.75) is 32.6 Å². The quantitative estimate of drug-likeness (QED) is 0.325. The number of hydrogen-bond acceptors (Lipinski definition) is 4. The summed E-state index contributed by atoms with van der Waals surface area (Å²) >= 11 is 0. The molecule has 0 saturated heterocycles. The summed E-state index contributed by atoms with van der Waals surface area (Å²) in [5, 5.41) is 0. The summed E-state index contributed by atoms with van der Waals surface area (Å²) in [4.78, 5) is 22.1. The molecule has 0 aliphatic rings. The number of carbonyl (C=O) groups is 2. The molecule has 0 N–H and O–H groups in total. The van der Waals surface area contributed by atoms with Crippen LogP contribution in [0.4, 0.5) is 0 Å². The van der Waals surface area contributed by atoms with Crippen molar-refractivity contribution in [1.29, 1.82) is 0 Å². The molecule has 0 unspecified atom stereocenters. The van der Waals surface area contributed by atoms with E-state index in [4.69, 9.17) is 9.47 Å². The zero-order valence-electron chi connectivity index (χ0n) is 15.0. The van der Waals surface area contributed by atoms with Gasteiger partial charge in [0.2, 0.25) is 0 Å². The van der Waals surface area contributed by atoms with E-state index in [2.05, 4.69) is 6.08 Å². The molecule has 0 bridgehead atoms. The van der Waals surface area contributed by atoms with Crippen LogP contribution in [0.5, 0.6) is 11.5 Å². The molecular weight excluding hydrogens is 328 g/mol. The van der Waals surface area contributed by atoms with Crippen LogP contribution in [0.25, 0.3) is 6.08 Å². The number of benzene rings is 2. The molecule has 0 radical (unpaired) electrons.